The quantitative estimate of drug-likeness (QED) is 0.598. The van der Waals surface area contributed by atoms with E-state index in [-0.39, 0.29) is 18.0 Å². The smallest absolute Gasteiger partial charge is 0.308 e. The van der Waals surface area contributed by atoms with E-state index in [9.17, 15) is 4.79 Å². The average Bonchev–Trinajstić information content (AvgIpc) is 2.85. The molecule has 3 rings (SSSR count). The zero-order valence-electron chi connectivity index (χ0n) is 13.6. The van der Waals surface area contributed by atoms with Crippen molar-refractivity contribution in [3.8, 4) is 11.5 Å². The highest BCUT2D eigenvalue weighted by atomic mass is 16.5. The highest BCUT2D eigenvalue weighted by molar-refractivity contribution is 5.69. The minimum Gasteiger partial charge on any atom is -0.485 e. The van der Waals surface area contributed by atoms with Gasteiger partial charge in [0.25, 0.3) is 0 Å². The number of hydrogen-bond donors (Lipinski definition) is 0. The summed E-state index contributed by atoms with van der Waals surface area (Å²) in [5.41, 5.74) is 3.50. The summed E-state index contributed by atoms with van der Waals surface area (Å²) in [5.74, 6) is 1.46. The van der Waals surface area contributed by atoms with Gasteiger partial charge in [-0.3, -0.25) is 4.79 Å². The van der Waals surface area contributed by atoms with E-state index in [1.807, 2.05) is 31.2 Å². The Morgan fingerprint density at radius 1 is 1.17 bits per heavy atom. The van der Waals surface area contributed by atoms with E-state index in [0.717, 1.165) is 11.3 Å². The van der Waals surface area contributed by atoms with Gasteiger partial charge in [-0.25, -0.2) is 0 Å². The van der Waals surface area contributed by atoms with Gasteiger partial charge in [-0.2, -0.15) is 0 Å². The fraction of sp³-hybridized carbons (Fsp3) is 0.250. The molecule has 2 aromatic carbocycles. The van der Waals surface area contributed by atoms with Crippen LogP contribution < -0.4 is 9.47 Å². The van der Waals surface area contributed by atoms with Gasteiger partial charge in [0.15, 0.2) is 0 Å². The minimum absolute atomic E-state index is 0.0164. The summed E-state index contributed by atoms with van der Waals surface area (Å²) in [5, 5.41) is 0. The van der Waals surface area contributed by atoms with Crippen molar-refractivity contribution >= 4 is 12.0 Å². The Bertz CT molecular complexity index is 744. The van der Waals surface area contributed by atoms with Gasteiger partial charge in [0.05, 0.1) is 0 Å². The summed E-state index contributed by atoms with van der Waals surface area (Å²) in [6.07, 6.45) is 4.11. The van der Waals surface area contributed by atoms with Gasteiger partial charge in [-0.1, -0.05) is 37.3 Å². The molecule has 0 bridgehead atoms. The van der Waals surface area contributed by atoms with Crippen molar-refractivity contribution in [3.63, 3.8) is 0 Å². The summed E-state index contributed by atoms with van der Waals surface area (Å²) >= 11 is 0. The largest absolute Gasteiger partial charge is 0.485 e. The third-order valence-corrected chi connectivity index (χ3v) is 4.06. The van der Waals surface area contributed by atoms with Crippen LogP contribution in [0.25, 0.3) is 6.08 Å². The highest BCUT2D eigenvalue weighted by Gasteiger charge is 2.32. The summed E-state index contributed by atoms with van der Waals surface area (Å²) in [4.78, 5) is 11.0. The van der Waals surface area contributed by atoms with Crippen molar-refractivity contribution in [3.05, 3.63) is 65.2 Å². The Morgan fingerprint density at radius 2 is 1.91 bits per heavy atom. The molecule has 1 aliphatic heterocycles. The van der Waals surface area contributed by atoms with E-state index >= 15 is 0 Å². The van der Waals surface area contributed by atoms with Crippen LogP contribution in [0.5, 0.6) is 11.5 Å². The Balaban J connectivity index is 1.83. The molecular weight excluding hydrogens is 288 g/mol. The third kappa shape index (κ3) is 3.14. The first-order valence-corrected chi connectivity index (χ1v) is 7.80. The van der Waals surface area contributed by atoms with E-state index in [4.69, 9.17) is 9.47 Å². The van der Waals surface area contributed by atoms with Crippen molar-refractivity contribution in [2.24, 2.45) is 0 Å². The summed E-state index contributed by atoms with van der Waals surface area (Å²) in [7, 11) is 0. The van der Waals surface area contributed by atoms with Crippen LogP contribution in [0.4, 0.5) is 0 Å². The molecule has 118 valence electrons. The lowest BCUT2D eigenvalue weighted by Gasteiger charge is -2.16. The average molecular weight is 308 g/mol. The number of esters is 1. The predicted octanol–water partition coefficient (Wildman–Crippen LogP) is 4.88. The third-order valence-electron chi connectivity index (χ3n) is 4.06. The minimum atomic E-state index is -0.313. The van der Waals surface area contributed by atoms with Crippen LogP contribution in [-0.2, 0) is 4.79 Å². The normalized spacial score (nSPS) is 19.4. The number of benzene rings is 2. The molecule has 0 amide bonds. The number of allylic oxidation sites excluding steroid dienone is 1. The van der Waals surface area contributed by atoms with Crippen molar-refractivity contribution in [2.75, 3.05) is 0 Å². The molecule has 0 saturated carbocycles. The van der Waals surface area contributed by atoms with E-state index in [2.05, 4.69) is 25.1 Å². The monoisotopic (exact) mass is 308 g/mol. The van der Waals surface area contributed by atoms with Crippen molar-refractivity contribution in [2.45, 2.75) is 32.8 Å². The number of fused-ring (bicyclic) bond motifs is 1. The van der Waals surface area contributed by atoms with E-state index in [1.165, 1.54) is 18.1 Å². The molecule has 0 spiro atoms. The first kappa shape index (κ1) is 15.3. The Morgan fingerprint density at radius 3 is 2.57 bits per heavy atom. The lowest BCUT2D eigenvalue weighted by Crippen LogP contribution is -2.07. The van der Waals surface area contributed by atoms with Gasteiger partial charge in [0.2, 0.25) is 0 Å². The van der Waals surface area contributed by atoms with Crippen molar-refractivity contribution in [1.82, 2.24) is 0 Å². The maximum absolute atomic E-state index is 11.0. The molecular formula is C20H20O3. The van der Waals surface area contributed by atoms with Gasteiger partial charge in [0, 0.05) is 18.4 Å². The molecule has 0 fully saturated rings. The molecule has 1 aliphatic rings. The van der Waals surface area contributed by atoms with Crippen LogP contribution in [0.3, 0.4) is 0 Å². The molecule has 2 unspecified atom stereocenters. The van der Waals surface area contributed by atoms with Crippen LogP contribution in [0.2, 0.25) is 0 Å². The molecule has 3 heteroatoms. The number of carbonyl (C=O) groups excluding carboxylic acids is 1. The van der Waals surface area contributed by atoms with Crippen LogP contribution in [0.1, 0.15) is 49.5 Å². The van der Waals surface area contributed by atoms with Crippen LogP contribution in [0.15, 0.2) is 48.5 Å². The zero-order valence-corrected chi connectivity index (χ0v) is 13.6. The van der Waals surface area contributed by atoms with Gasteiger partial charge < -0.3 is 9.47 Å². The van der Waals surface area contributed by atoms with Crippen LogP contribution >= 0.6 is 0 Å². The fourth-order valence-electron chi connectivity index (χ4n) is 2.98. The van der Waals surface area contributed by atoms with Gasteiger partial charge in [-0.15, -0.1) is 0 Å². The molecule has 0 radical (unpaired) electrons. The first-order chi connectivity index (χ1) is 11.1. The topological polar surface area (TPSA) is 35.5 Å². The Labute approximate surface area is 136 Å². The molecule has 0 aromatic heterocycles. The van der Waals surface area contributed by atoms with Gasteiger partial charge in [-0.05, 0) is 42.3 Å². The van der Waals surface area contributed by atoms with E-state index < -0.39 is 0 Å². The van der Waals surface area contributed by atoms with Gasteiger partial charge >= 0.3 is 5.97 Å². The maximum atomic E-state index is 11.0. The maximum Gasteiger partial charge on any atom is 0.308 e. The van der Waals surface area contributed by atoms with Crippen LogP contribution in [-0.4, -0.2) is 5.97 Å². The van der Waals surface area contributed by atoms with E-state index in [0.29, 0.717) is 5.75 Å². The van der Waals surface area contributed by atoms with Crippen LogP contribution in [0, 0.1) is 0 Å². The standard InChI is InChI=1S/C20H20O3/c1-4-5-15-6-11-19-18(12-15)13(2)20(23-19)16-7-9-17(10-8-16)22-14(3)21/h4-13,20H,1-3H3/b5-4+. The molecule has 3 nitrogen and oxygen atoms in total. The molecule has 2 atom stereocenters. The summed E-state index contributed by atoms with van der Waals surface area (Å²) in [6.45, 7) is 5.59. The Kier molecular flexibility index (Phi) is 4.20. The molecule has 2 aromatic rings. The summed E-state index contributed by atoms with van der Waals surface area (Å²) < 4.78 is 11.2. The van der Waals surface area contributed by atoms with Gasteiger partial charge in [0.1, 0.15) is 17.6 Å². The number of ether oxygens (including phenoxy) is 2. The molecule has 0 N–H and O–H groups in total. The lowest BCUT2D eigenvalue weighted by molar-refractivity contribution is -0.131. The number of hydrogen-bond acceptors (Lipinski definition) is 3. The summed E-state index contributed by atoms with van der Waals surface area (Å²) in [6, 6.07) is 13.8. The molecule has 23 heavy (non-hydrogen) atoms. The molecule has 0 aliphatic carbocycles. The first-order valence-electron chi connectivity index (χ1n) is 7.80. The van der Waals surface area contributed by atoms with E-state index in [1.54, 1.807) is 12.1 Å². The second-order valence-corrected chi connectivity index (χ2v) is 5.79. The Hall–Kier alpha value is -2.55. The molecule has 0 saturated heterocycles. The zero-order chi connectivity index (χ0) is 16.4. The lowest BCUT2D eigenvalue weighted by atomic mass is 9.92. The molecule has 1 heterocycles. The number of carbonyl (C=O) groups is 1. The van der Waals surface area contributed by atoms with Crippen molar-refractivity contribution < 1.29 is 14.3 Å². The predicted molar refractivity (Wildman–Crippen MR) is 90.7 cm³/mol. The second-order valence-electron chi connectivity index (χ2n) is 5.79. The SMILES string of the molecule is C/C=C/c1ccc2c(c1)C(C)C(c1ccc(OC(C)=O)cc1)O2. The van der Waals surface area contributed by atoms with Crippen molar-refractivity contribution in [1.29, 1.82) is 0 Å². The number of rotatable bonds is 3. The fourth-order valence-corrected chi connectivity index (χ4v) is 2.98. The second kappa shape index (κ2) is 6.29. The highest BCUT2D eigenvalue weighted by Crippen LogP contribution is 2.46.